The van der Waals surface area contributed by atoms with Crippen LogP contribution in [-0.4, -0.2) is 6.71 Å². The number of furan rings is 1. The van der Waals surface area contributed by atoms with Crippen molar-refractivity contribution in [2.24, 2.45) is 0 Å². The maximum absolute atomic E-state index is 7.61. The molecule has 71 heavy (non-hydrogen) atoms. The summed E-state index contributed by atoms with van der Waals surface area (Å²) in [7, 11) is 0. The van der Waals surface area contributed by atoms with Gasteiger partial charge in [-0.25, -0.2) is 0 Å². The van der Waals surface area contributed by atoms with Crippen LogP contribution in [0.3, 0.4) is 0 Å². The van der Waals surface area contributed by atoms with E-state index in [0.29, 0.717) is 0 Å². The van der Waals surface area contributed by atoms with Crippen molar-refractivity contribution in [2.75, 3.05) is 9.80 Å². The Morgan fingerprint density at radius 1 is 0.465 bits per heavy atom. The quantitative estimate of drug-likeness (QED) is 0.164. The molecule has 2 bridgehead atoms. The van der Waals surface area contributed by atoms with Gasteiger partial charge in [-0.15, -0.1) is 0 Å². The van der Waals surface area contributed by atoms with E-state index < -0.39 is 0 Å². The standard InChI is InChI=1S/C67H69BN2O/c1-62(2,3)44-23-26-46(27-24-44)69-56-33-43(41-19-15-13-16-20-41)34-57-60(56)68(59-48-36-51-52(39-58(48)71-61(59)69)67(12)32-31-66(51,11)40-67)53-37-49-50(65(9,10)30-29-64(49,7)8)38-55(53)70(57)54-28-25-45(63(4,5)6)35-47(54)42-21-17-14-18-22-42/h13-28,33-39H,29-32,40H2,1-12H3. The molecule has 2 aliphatic heterocycles. The number of hydrogen-bond donors (Lipinski definition) is 0. The Morgan fingerprint density at radius 2 is 1.03 bits per heavy atom. The topological polar surface area (TPSA) is 19.6 Å². The fraction of sp³-hybridized carbons (Fsp3) is 0.343. The van der Waals surface area contributed by atoms with E-state index in [-0.39, 0.29) is 39.2 Å². The lowest BCUT2D eigenvalue weighted by atomic mass is 9.33. The van der Waals surface area contributed by atoms with Gasteiger partial charge in [0.2, 0.25) is 5.88 Å². The third-order valence-electron chi connectivity index (χ3n) is 18.4. The SMILES string of the molecule is CC(C)(C)c1ccc(N2c3cc(-c4ccccc4)cc4c3B(c3cc5c(cc3N4c3ccc(C(C)(C)C)cc3-c3ccccc3)C(C)(C)CCC5(C)C)c3c2oc2cc4c(cc32)C2(C)CCC4(C)C2)cc1. The molecule has 356 valence electrons. The molecule has 3 aliphatic carbocycles. The summed E-state index contributed by atoms with van der Waals surface area (Å²) in [6.45, 7) is 28.8. The Labute approximate surface area is 423 Å². The fourth-order valence-corrected chi connectivity index (χ4v) is 14.1. The molecule has 3 nitrogen and oxygen atoms in total. The van der Waals surface area contributed by atoms with Crippen LogP contribution in [0, 0.1) is 0 Å². The highest BCUT2D eigenvalue weighted by atomic mass is 16.4. The summed E-state index contributed by atoms with van der Waals surface area (Å²) in [6, 6.07) is 54.3. The molecule has 0 saturated heterocycles. The maximum atomic E-state index is 7.61. The lowest BCUT2D eigenvalue weighted by Gasteiger charge is -2.47. The molecule has 1 saturated carbocycles. The van der Waals surface area contributed by atoms with Gasteiger partial charge in [-0.3, -0.25) is 4.90 Å². The first-order valence-electron chi connectivity index (χ1n) is 26.6. The number of fused-ring (bicyclic) bond motifs is 12. The number of rotatable bonds is 4. The minimum atomic E-state index is -0.0855. The Balaban J connectivity index is 1.20. The highest BCUT2D eigenvalue weighted by Crippen LogP contribution is 2.62. The van der Waals surface area contributed by atoms with Crippen LogP contribution in [0.2, 0.25) is 0 Å². The van der Waals surface area contributed by atoms with Gasteiger partial charge in [-0.05, 0) is 180 Å². The Kier molecular flexibility index (Phi) is 9.24. The largest absolute Gasteiger partial charge is 0.440 e. The van der Waals surface area contributed by atoms with Gasteiger partial charge in [0.25, 0.3) is 6.71 Å². The molecule has 0 spiro atoms. The smallest absolute Gasteiger partial charge is 0.257 e. The summed E-state index contributed by atoms with van der Waals surface area (Å²) in [6.07, 6.45) is 5.97. The van der Waals surface area contributed by atoms with Crippen molar-refractivity contribution < 1.29 is 4.42 Å². The first-order valence-corrected chi connectivity index (χ1v) is 26.6. The van der Waals surface area contributed by atoms with Crippen LogP contribution in [0.5, 0.6) is 0 Å². The molecular formula is C67H69BN2O. The van der Waals surface area contributed by atoms with E-state index in [1.165, 1.54) is 119 Å². The fourth-order valence-electron chi connectivity index (χ4n) is 14.1. The zero-order valence-electron chi connectivity index (χ0n) is 44.2. The van der Waals surface area contributed by atoms with Gasteiger partial charge in [0.15, 0.2) is 0 Å². The number of anilines is 6. The van der Waals surface area contributed by atoms with E-state index in [9.17, 15) is 0 Å². The van der Waals surface area contributed by atoms with E-state index >= 15 is 0 Å². The van der Waals surface area contributed by atoms with Gasteiger partial charge < -0.3 is 9.32 Å². The average Bonchev–Trinajstić information content (AvgIpc) is 3.95. The second-order valence-electron chi connectivity index (χ2n) is 26.3. The van der Waals surface area contributed by atoms with Gasteiger partial charge in [0.1, 0.15) is 5.58 Å². The molecule has 2 atom stereocenters. The highest BCUT2D eigenvalue weighted by molar-refractivity contribution is 7.01. The molecule has 13 rings (SSSR count). The minimum Gasteiger partial charge on any atom is -0.440 e. The molecule has 8 aromatic rings. The molecule has 5 aliphatic rings. The van der Waals surface area contributed by atoms with Gasteiger partial charge >= 0.3 is 0 Å². The molecule has 2 unspecified atom stereocenters. The van der Waals surface area contributed by atoms with E-state index in [4.69, 9.17) is 4.42 Å². The van der Waals surface area contributed by atoms with Gasteiger partial charge in [-0.2, -0.15) is 0 Å². The highest BCUT2D eigenvalue weighted by Gasteiger charge is 2.54. The zero-order chi connectivity index (χ0) is 49.4. The van der Waals surface area contributed by atoms with Gasteiger partial charge in [-0.1, -0.05) is 168 Å². The summed E-state index contributed by atoms with van der Waals surface area (Å²) < 4.78 is 7.61. The summed E-state index contributed by atoms with van der Waals surface area (Å²) in [4.78, 5) is 5.19. The molecule has 4 heteroatoms. The lowest BCUT2D eigenvalue weighted by Crippen LogP contribution is -2.61. The summed E-state index contributed by atoms with van der Waals surface area (Å²) in [5.74, 6) is 0.944. The van der Waals surface area contributed by atoms with Crippen LogP contribution in [0.1, 0.15) is 149 Å². The number of nitrogens with zero attached hydrogens (tertiary/aromatic N) is 2. The third-order valence-corrected chi connectivity index (χ3v) is 18.4. The Morgan fingerprint density at radius 3 is 1.65 bits per heavy atom. The predicted molar refractivity (Wildman–Crippen MR) is 302 cm³/mol. The van der Waals surface area contributed by atoms with Crippen LogP contribution in [0.25, 0.3) is 33.2 Å². The summed E-state index contributed by atoms with van der Waals surface area (Å²) in [5.41, 5.74) is 24.8. The zero-order valence-corrected chi connectivity index (χ0v) is 44.2. The second-order valence-corrected chi connectivity index (χ2v) is 26.3. The molecule has 3 heterocycles. The molecule has 1 aromatic heterocycles. The van der Waals surface area contributed by atoms with Crippen molar-refractivity contribution in [1.82, 2.24) is 0 Å². The van der Waals surface area contributed by atoms with Crippen molar-refractivity contribution >= 4 is 68.4 Å². The van der Waals surface area contributed by atoms with Gasteiger partial charge in [0, 0.05) is 39.2 Å². The molecular weight excluding hydrogens is 860 g/mol. The number of benzene rings is 7. The van der Waals surface area contributed by atoms with E-state index in [1.54, 1.807) is 0 Å². The van der Waals surface area contributed by atoms with Crippen LogP contribution in [-0.2, 0) is 32.5 Å². The second kappa shape index (κ2) is 14.7. The normalized spacial score (nSPS) is 21.2. The van der Waals surface area contributed by atoms with Crippen LogP contribution < -0.4 is 26.2 Å². The molecule has 7 aromatic carbocycles. The first kappa shape index (κ1) is 44.7. The molecule has 0 radical (unpaired) electrons. The predicted octanol–water partition coefficient (Wildman–Crippen LogP) is 16.5. The average molecular weight is 929 g/mol. The molecule has 0 N–H and O–H groups in total. The van der Waals surface area contributed by atoms with E-state index in [0.717, 1.165) is 30.0 Å². The summed E-state index contributed by atoms with van der Waals surface area (Å²) in [5, 5.41) is 1.26. The van der Waals surface area contributed by atoms with Crippen molar-refractivity contribution in [3.05, 3.63) is 173 Å². The van der Waals surface area contributed by atoms with Crippen LogP contribution >= 0.6 is 0 Å². The maximum Gasteiger partial charge on any atom is 0.257 e. The van der Waals surface area contributed by atoms with Crippen LogP contribution in [0.4, 0.5) is 34.3 Å². The summed E-state index contributed by atoms with van der Waals surface area (Å²) >= 11 is 0. The van der Waals surface area contributed by atoms with Crippen molar-refractivity contribution in [2.45, 2.75) is 148 Å². The van der Waals surface area contributed by atoms with Crippen LogP contribution in [0.15, 0.2) is 144 Å². The Hall–Kier alpha value is -6.26. The van der Waals surface area contributed by atoms with Gasteiger partial charge in [0.05, 0.1) is 5.69 Å². The number of hydrogen-bond acceptors (Lipinski definition) is 3. The van der Waals surface area contributed by atoms with Crippen molar-refractivity contribution in [1.29, 1.82) is 0 Å². The molecule has 0 amide bonds. The van der Waals surface area contributed by atoms with Crippen molar-refractivity contribution in [3.8, 4) is 22.3 Å². The van der Waals surface area contributed by atoms with E-state index in [1.807, 2.05) is 0 Å². The van der Waals surface area contributed by atoms with E-state index in [2.05, 4.69) is 232 Å². The monoisotopic (exact) mass is 929 g/mol. The minimum absolute atomic E-state index is 0.00271. The molecule has 1 fully saturated rings. The third kappa shape index (κ3) is 6.54. The first-order chi connectivity index (χ1) is 33.6. The Bertz CT molecular complexity index is 3510. The van der Waals surface area contributed by atoms with Crippen molar-refractivity contribution in [3.63, 3.8) is 0 Å². The lowest BCUT2D eigenvalue weighted by molar-refractivity contribution is 0.332.